The van der Waals surface area contributed by atoms with Gasteiger partial charge in [0.15, 0.2) is 5.43 Å². The van der Waals surface area contributed by atoms with Crippen LogP contribution in [0.2, 0.25) is 5.02 Å². The summed E-state index contributed by atoms with van der Waals surface area (Å²) in [5.74, 6) is 0.790. The molecule has 0 unspecified atom stereocenters. The van der Waals surface area contributed by atoms with Gasteiger partial charge in [-0.1, -0.05) is 11.6 Å². The molecule has 1 heterocycles. The Balaban J connectivity index is 2.18. The van der Waals surface area contributed by atoms with Crippen molar-refractivity contribution in [2.45, 2.75) is 0 Å². The number of ether oxygens (including phenoxy) is 1. The van der Waals surface area contributed by atoms with E-state index < -0.39 is 4.92 Å². The lowest BCUT2D eigenvalue weighted by Crippen LogP contribution is -2.01. The quantitative estimate of drug-likeness (QED) is 0.534. The van der Waals surface area contributed by atoms with Crippen molar-refractivity contribution in [1.29, 1.82) is 0 Å². The molecule has 2 aromatic carbocycles. The summed E-state index contributed by atoms with van der Waals surface area (Å²) in [5, 5.41) is 11.3. The van der Waals surface area contributed by atoms with E-state index in [0.717, 1.165) is 0 Å². The van der Waals surface area contributed by atoms with Crippen molar-refractivity contribution in [2.75, 3.05) is 7.11 Å². The van der Waals surface area contributed by atoms with Crippen LogP contribution in [0.25, 0.3) is 22.3 Å². The SMILES string of the molecule is COc1ccc2oc(-c3ccc([N+](=O)[O-])cc3Cl)cc(=O)c2c1. The van der Waals surface area contributed by atoms with Gasteiger partial charge in [0.1, 0.15) is 17.1 Å². The maximum atomic E-state index is 12.3. The van der Waals surface area contributed by atoms with E-state index in [-0.39, 0.29) is 21.9 Å². The van der Waals surface area contributed by atoms with Crippen LogP contribution in [0.3, 0.4) is 0 Å². The molecular formula is C16H10ClNO5. The predicted octanol–water partition coefficient (Wildman–Crippen LogP) is 4.03. The zero-order chi connectivity index (χ0) is 16.6. The second-order valence-electron chi connectivity index (χ2n) is 4.76. The summed E-state index contributed by atoms with van der Waals surface area (Å²) in [4.78, 5) is 22.5. The Morgan fingerprint density at radius 3 is 2.61 bits per heavy atom. The van der Waals surface area contributed by atoms with Crippen molar-refractivity contribution in [3.05, 3.63) is 67.8 Å². The fraction of sp³-hybridized carbons (Fsp3) is 0.0625. The van der Waals surface area contributed by atoms with E-state index >= 15 is 0 Å². The first-order valence-corrected chi connectivity index (χ1v) is 6.93. The summed E-state index contributed by atoms with van der Waals surface area (Å²) in [6.07, 6.45) is 0. The maximum absolute atomic E-state index is 12.3. The number of nitrogens with zero attached hydrogens (tertiary/aromatic N) is 1. The van der Waals surface area contributed by atoms with E-state index in [1.54, 1.807) is 18.2 Å². The zero-order valence-electron chi connectivity index (χ0n) is 11.9. The summed E-state index contributed by atoms with van der Waals surface area (Å²) in [7, 11) is 1.51. The molecule has 0 atom stereocenters. The molecule has 0 saturated carbocycles. The van der Waals surface area contributed by atoms with Gasteiger partial charge in [0, 0.05) is 23.8 Å². The van der Waals surface area contributed by atoms with E-state index in [1.807, 2.05) is 0 Å². The second-order valence-corrected chi connectivity index (χ2v) is 5.17. The second kappa shape index (κ2) is 5.73. The fourth-order valence-corrected chi connectivity index (χ4v) is 2.48. The van der Waals surface area contributed by atoms with Gasteiger partial charge < -0.3 is 9.15 Å². The van der Waals surface area contributed by atoms with Crippen LogP contribution in [0, 0.1) is 10.1 Å². The Kier molecular flexibility index (Phi) is 3.75. The third-order valence-electron chi connectivity index (χ3n) is 3.36. The molecule has 3 rings (SSSR count). The molecule has 6 nitrogen and oxygen atoms in total. The monoisotopic (exact) mass is 331 g/mol. The van der Waals surface area contributed by atoms with Crippen LogP contribution >= 0.6 is 11.6 Å². The van der Waals surface area contributed by atoms with Gasteiger partial charge in [-0.2, -0.15) is 0 Å². The minimum absolute atomic E-state index is 0.133. The average molecular weight is 332 g/mol. The van der Waals surface area contributed by atoms with Crippen molar-refractivity contribution in [2.24, 2.45) is 0 Å². The molecule has 23 heavy (non-hydrogen) atoms. The molecule has 0 fully saturated rings. The Labute approximate surface area is 135 Å². The van der Waals surface area contributed by atoms with Gasteiger partial charge in [-0.15, -0.1) is 0 Å². The molecule has 0 N–H and O–H groups in total. The molecule has 0 spiro atoms. The van der Waals surface area contributed by atoms with Gasteiger partial charge in [0.05, 0.1) is 22.4 Å². The van der Waals surface area contributed by atoms with Crippen LogP contribution in [0.4, 0.5) is 5.69 Å². The molecule has 116 valence electrons. The molecule has 0 saturated heterocycles. The first kappa shape index (κ1) is 15.1. The topological polar surface area (TPSA) is 82.6 Å². The van der Waals surface area contributed by atoms with Crippen molar-refractivity contribution in [1.82, 2.24) is 0 Å². The maximum Gasteiger partial charge on any atom is 0.270 e. The number of halogens is 1. The summed E-state index contributed by atoms with van der Waals surface area (Å²) >= 11 is 6.07. The van der Waals surface area contributed by atoms with Gasteiger partial charge in [0.25, 0.3) is 5.69 Å². The van der Waals surface area contributed by atoms with E-state index in [2.05, 4.69) is 0 Å². The Morgan fingerprint density at radius 2 is 1.96 bits per heavy atom. The van der Waals surface area contributed by atoms with Crippen LogP contribution in [-0.2, 0) is 0 Å². The fourth-order valence-electron chi connectivity index (χ4n) is 2.21. The zero-order valence-corrected chi connectivity index (χ0v) is 12.7. The van der Waals surface area contributed by atoms with Gasteiger partial charge in [0.2, 0.25) is 0 Å². The number of hydrogen-bond donors (Lipinski definition) is 0. The molecule has 0 bridgehead atoms. The molecule has 3 aromatic rings. The predicted molar refractivity (Wildman–Crippen MR) is 86.1 cm³/mol. The normalized spacial score (nSPS) is 10.7. The summed E-state index contributed by atoms with van der Waals surface area (Å²) < 4.78 is 10.8. The Morgan fingerprint density at radius 1 is 1.17 bits per heavy atom. The van der Waals surface area contributed by atoms with Crippen molar-refractivity contribution in [3.63, 3.8) is 0 Å². The third-order valence-corrected chi connectivity index (χ3v) is 3.68. The average Bonchev–Trinajstić information content (AvgIpc) is 2.54. The third kappa shape index (κ3) is 2.76. The number of nitro groups is 1. The molecule has 1 aromatic heterocycles. The highest BCUT2D eigenvalue weighted by atomic mass is 35.5. The van der Waals surface area contributed by atoms with Crippen molar-refractivity contribution >= 4 is 28.3 Å². The Bertz CT molecular complexity index is 980. The number of rotatable bonds is 3. The first-order chi connectivity index (χ1) is 11.0. The van der Waals surface area contributed by atoms with Crippen LogP contribution in [0.5, 0.6) is 5.75 Å². The van der Waals surface area contributed by atoms with Crippen LogP contribution < -0.4 is 10.2 Å². The highest BCUT2D eigenvalue weighted by molar-refractivity contribution is 6.33. The summed E-state index contributed by atoms with van der Waals surface area (Å²) in [6.45, 7) is 0. The van der Waals surface area contributed by atoms with Gasteiger partial charge in [-0.05, 0) is 24.3 Å². The summed E-state index contributed by atoms with van der Waals surface area (Å²) in [5.41, 5.74) is 0.399. The molecule has 0 aliphatic carbocycles. The van der Waals surface area contributed by atoms with Crippen molar-refractivity contribution < 1.29 is 14.1 Å². The first-order valence-electron chi connectivity index (χ1n) is 6.56. The molecule has 7 heteroatoms. The van der Waals surface area contributed by atoms with E-state index in [1.165, 1.54) is 31.4 Å². The van der Waals surface area contributed by atoms with Gasteiger partial charge in [-0.25, -0.2) is 0 Å². The van der Waals surface area contributed by atoms with Crippen molar-refractivity contribution in [3.8, 4) is 17.1 Å². The number of fused-ring (bicyclic) bond motifs is 1. The van der Waals surface area contributed by atoms with Crippen LogP contribution in [0.15, 0.2) is 51.7 Å². The van der Waals surface area contributed by atoms with E-state index in [9.17, 15) is 14.9 Å². The number of hydrogen-bond acceptors (Lipinski definition) is 5. The smallest absolute Gasteiger partial charge is 0.270 e. The lowest BCUT2D eigenvalue weighted by Gasteiger charge is -2.06. The molecule has 0 amide bonds. The molecular weight excluding hydrogens is 322 g/mol. The number of benzene rings is 2. The number of nitro benzene ring substituents is 1. The summed E-state index contributed by atoms with van der Waals surface area (Å²) in [6, 6.07) is 10.2. The standard InChI is InChI=1S/C16H10ClNO5/c1-22-10-3-5-15-12(7-10)14(19)8-16(23-15)11-4-2-9(18(20)21)6-13(11)17/h2-8H,1H3. The lowest BCUT2D eigenvalue weighted by molar-refractivity contribution is -0.384. The van der Waals surface area contributed by atoms with Gasteiger partial charge in [-0.3, -0.25) is 14.9 Å². The number of methoxy groups -OCH3 is 1. The lowest BCUT2D eigenvalue weighted by atomic mass is 10.1. The number of non-ortho nitro benzene ring substituents is 1. The Hall–Kier alpha value is -2.86. The molecule has 0 aliphatic heterocycles. The minimum Gasteiger partial charge on any atom is -0.497 e. The highest BCUT2D eigenvalue weighted by Crippen LogP contribution is 2.32. The van der Waals surface area contributed by atoms with E-state index in [0.29, 0.717) is 22.3 Å². The van der Waals surface area contributed by atoms with E-state index in [4.69, 9.17) is 20.8 Å². The molecule has 0 aliphatic rings. The molecule has 0 radical (unpaired) electrons. The minimum atomic E-state index is -0.543. The van der Waals surface area contributed by atoms with Crippen LogP contribution in [-0.4, -0.2) is 12.0 Å². The largest absolute Gasteiger partial charge is 0.497 e. The van der Waals surface area contributed by atoms with Crippen LogP contribution in [0.1, 0.15) is 0 Å². The van der Waals surface area contributed by atoms with Gasteiger partial charge >= 0.3 is 0 Å². The highest BCUT2D eigenvalue weighted by Gasteiger charge is 2.14.